The molecule has 262 valence electrons. The third kappa shape index (κ3) is 4.66. The molecule has 12 rings (SSSR count). The molecule has 2 heterocycles. The van der Waals surface area contributed by atoms with Crippen LogP contribution in [0.4, 0.5) is 22.7 Å². The Bertz CT molecular complexity index is 3470. The topological polar surface area (TPSA) is 50.3 Å². The van der Waals surface area contributed by atoms with E-state index in [0.717, 1.165) is 94.3 Å². The van der Waals surface area contributed by atoms with Crippen molar-refractivity contribution in [2.75, 3.05) is 10.6 Å². The van der Waals surface area contributed by atoms with Crippen LogP contribution in [0, 0.1) is 0 Å². The van der Waals surface area contributed by atoms with E-state index in [1.807, 2.05) is 30.3 Å². The van der Waals surface area contributed by atoms with Crippen molar-refractivity contribution in [2.45, 2.75) is 0 Å². The zero-order valence-electron chi connectivity index (χ0n) is 30.1. The van der Waals surface area contributed by atoms with Crippen LogP contribution in [-0.2, 0) is 0 Å². The van der Waals surface area contributed by atoms with Gasteiger partial charge in [-0.3, -0.25) is 0 Å². The standard InChI is InChI=1S/C52H32N2O2/c1-3-11-34(12-4-1)53-43-26-20-31-19-23-40-51-39(25-24-38(43)48(31)51)49(32-21-27-46-41(29-32)36-15-7-9-17-44(36)55-46)50(52(40)54-35-13-5-2-6-14-35)33-22-28-47-42(30-33)37-16-8-10-18-45(37)56-47/h1-30,53-54H. The Kier molecular flexibility index (Phi) is 6.60. The summed E-state index contributed by atoms with van der Waals surface area (Å²) in [5.74, 6) is 0. The summed E-state index contributed by atoms with van der Waals surface area (Å²) < 4.78 is 12.7. The molecule has 0 amide bonds. The Morgan fingerprint density at radius 3 is 1.50 bits per heavy atom. The van der Waals surface area contributed by atoms with E-state index in [2.05, 4.69) is 162 Å². The number of hydrogen-bond donors (Lipinski definition) is 2. The minimum absolute atomic E-state index is 0.872. The molecule has 0 saturated carbocycles. The van der Waals surface area contributed by atoms with Crippen LogP contribution in [0.3, 0.4) is 0 Å². The number of hydrogen-bond acceptors (Lipinski definition) is 4. The minimum Gasteiger partial charge on any atom is -0.456 e. The van der Waals surface area contributed by atoms with Crippen molar-refractivity contribution in [2.24, 2.45) is 0 Å². The van der Waals surface area contributed by atoms with Crippen molar-refractivity contribution in [3.63, 3.8) is 0 Å². The third-order valence-corrected chi connectivity index (χ3v) is 11.4. The molecule has 0 fully saturated rings. The zero-order chi connectivity index (χ0) is 36.7. The summed E-state index contributed by atoms with van der Waals surface area (Å²) in [7, 11) is 0. The van der Waals surface area contributed by atoms with Crippen molar-refractivity contribution < 1.29 is 8.83 Å². The van der Waals surface area contributed by atoms with Crippen LogP contribution in [-0.4, -0.2) is 0 Å². The number of para-hydroxylation sites is 4. The van der Waals surface area contributed by atoms with Gasteiger partial charge in [-0.15, -0.1) is 0 Å². The van der Waals surface area contributed by atoms with Crippen LogP contribution in [0.2, 0.25) is 0 Å². The molecule has 0 aliphatic rings. The van der Waals surface area contributed by atoms with Crippen LogP contribution in [0.5, 0.6) is 0 Å². The van der Waals surface area contributed by atoms with Crippen molar-refractivity contribution in [1.29, 1.82) is 0 Å². The Labute approximate surface area is 321 Å². The molecule has 10 aromatic carbocycles. The van der Waals surface area contributed by atoms with Crippen LogP contribution >= 0.6 is 0 Å². The van der Waals surface area contributed by atoms with Crippen LogP contribution < -0.4 is 10.6 Å². The van der Waals surface area contributed by atoms with E-state index in [1.165, 1.54) is 26.9 Å². The number of rotatable bonds is 6. The predicted octanol–water partition coefficient (Wildman–Crippen LogP) is 15.2. The molecule has 4 heteroatoms. The second-order valence-electron chi connectivity index (χ2n) is 14.6. The highest BCUT2D eigenvalue weighted by Gasteiger charge is 2.25. The summed E-state index contributed by atoms with van der Waals surface area (Å²) in [5, 5.41) is 19.3. The highest BCUT2D eigenvalue weighted by Crippen LogP contribution is 2.52. The molecule has 2 aromatic heterocycles. The molecule has 0 spiro atoms. The molecular formula is C52H32N2O2. The summed E-state index contributed by atoms with van der Waals surface area (Å²) in [6, 6.07) is 64.5. The quantitative estimate of drug-likeness (QED) is 0.168. The lowest BCUT2D eigenvalue weighted by Crippen LogP contribution is -2.00. The van der Waals surface area contributed by atoms with E-state index in [4.69, 9.17) is 8.83 Å². The van der Waals surface area contributed by atoms with Gasteiger partial charge in [0.15, 0.2) is 0 Å². The SMILES string of the molecule is c1ccc(Nc2ccc3ccc4c(Nc5ccccc5)c(-c5ccc6oc7ccccc7c6c5)c(-c5ccc6oc7ccccc7c6c5)c5ccc2c3c45)cc1. The van der Waals surface area contributed by atoms with E-state index < -0.39 is 0 Å². The molecule has 0 unspecified atom stereocenters. The molecular weight excluding hydrogens is 685 g/mol. The predicted molar refractivity (Wildman–Crippen MR) is 235 cm³/mol. The van der Waals surface area contributed by atoms with Gasteiger partial charge in [-0.05, 0) is 99.6 Å². The van der Waals surface area contributed by atoms with Crippen molar-refractivity contribution in [3.8, 4) is 22.3 Å². The summed E-state index contributed by atoms with van der Waals surface area (Å²) >= 11 is 0. The third-order valence-electron chi connectivity index (χ3n) is 11.4. The van der Waals surface area contributed by atoms with Crippen LogP contribution in [0.1, 0.15) is 0 Å². The monoisotopic (exact) mass is 716 g/mol. The Morgan fingerprint density at radius 1 is 0.321 bits per heavy atom. The number of benzene rings is 10. The fourth-order valence-electron chi connectivity index (χ4n) is 8.89. The largest absolute Gasteiger partial charge is 0.456 e. The first-order valence-electron chi connectivity index (χ1n) is 19.0. The average molecular weight is 717 g/mol. The average Bonchev–Trinajstić information content (AvgIpc) is 3.82. The summed E-state index contributed by atoms with van der Waals surface area (Å²) in [4.78, 5) is 0. The number of furan rings is 2. The minimum atomic E-state index is 0.872. The maximum atomic E-state index is 6.35. The molecule has 2 N–H and O–H groups in total. The molecule has 0 bridgehead atoms. The van der Waals surface area contributed by atoms with Gasteiger partial charge >= 0.3 is 0 Å². The van der Waals surface area contributed by atoms with Gasteiger partial charge in [-0.1, -0.05) is 115 Å². The molecule has 0 aliphatic carbocycles. The number of nitrogens with one attached hydrogen (secondary N) is 2. The van der Waals surface area contributed by atoms with Gasteiger partial charge < -0.3 is 19.5 Å². The van der Waals surface area contributed by atoms with E-state index in [9.17, 15) is 0 Å². The van der Waals surface area contributed by atoms with E-state index in [1.54, 1.807) is 0 Å². The highest BCUT2D eigenvalue weighted by molar-refractivity contribution is 6.33. The van der Waals surface area contributed by atoms with Crippen LogP contribution in [0.15, 0.2) is 191 Å². The summed E-state index contributed by atoms with van der Waals surface area (Å²) in [5.41, 5.74) is 12.2. The molecule has 12 aromatic rings. The van der Waals surface area contributed by atoms with Gasteiger partial charge in [0, 0.05) is 60.3 Å². The van der Waals surface area contributed by atoms with Crippen molar-refractivity contribution >= 4 is 98.9 Å². The lowest BCUT2D eigenvalue weighted by molar-refractivity contribution is 0.668. The molecule has 0 saturated heterocycles. The Balaban J connectivity index is 1.24. The second-order valence-corrected chi connectivity index (χ2v) is 14.6. The first kappa shape index (κ1) is 30.9. The lowest BCUT2D eigenvalue weighted by atomic mass is 9.82. The maximum Gasteiger partial charge on any atom is 0.135 e. The van der Waals surface area contributed by atoms with E-state index in [-0.39, 0.29) is 0 Å². The summed E-state index contributed by atoms with van der Waals surface area (Å²) in [6.07, 6.45) is 0. The van der Waals surface area contributed by atoms with E-state index >= 15 is 0 Å². The van der Waals surface area contributed by atoms with Crippen molar-refractivity contribution in [1.82, 2.24) is 0 Å². The summed E-state index contributed by atoms with van der Waals surface area (Å²) in [6.45, 7) is 0. The molecule has 56 heavy (non-hydrogen) atoms. The van der Waals surface area contributed by atoms with Gasteiger partial charge in [0.2, 0.25) is 0 Å². The van der Waals surface area contributed by atoms with Gasteiger partial charge in [0.25, 0.3) is 0 Å². The zero-order valence-corrected chi connectivity index (χ0v) is 30.1. The molecule has 0 radical (unpaired) electrons. The van der Waals surface area contributed by atoms with Gasteiger partial charge in [0.05, 0.1) is 5.69 Å². The second kappa shape index (κ2) is 12.0. The number of anilines is 4. The maximum absolute atomic E-state index is 6.35. The van der Waals surface area contributed by atoms with Crippen LogP contribution in [0.25, 0.3) is 98.4 Å². The lowest BCUT2D eigenvalue weighted by Gasteiger charge is -2.24. The fraction of sp³-hybridized carbons (Fsp3) is 0. The van der Waals surface area contributed by atoms with E-state index in [0.29, 0.717) is 0 Å². The number of fused-ring (bicyclic) bond motifs is 6. The van der Waals surface area contributed by atoms with Gasteiger partial charge in [0.1, 0.15) is 22.3 Å². The molecule has 4 nitrogen and oxygen atoms in total. The first-order chi connectivity index (χ1) is 27.7. The Hall–Kier alpha value is -7.56. The van der Waals surface area contributed by atoms with Gasteiger partial charge in [-0.25, -0.2) is 0 Å². The first-order valence-corrected chi connectivity index (χ1v) is 19.0. The fourth-order valence-corrected chi connectivity index (χ4v) is 8.89. The van der Waals surface area contributed by atoms with Gasteiger partial charge in [-0.2, -0.15) is 0 Å². The normalized spacial score (nSPS) is 11.9. The Morgan fingerprint density at radius 2 is 0.839 bits per heavy atom. The molecule has 0 aliphatic heterocycles. The smallest absolute Gasteiger partial charge is 0.135 e. The molecule has 0 atom stereocenters. The van der Waals surface area contributed by atoms with Crippen molar-refractivity contribution in [3.05, 3.63) is 182 Å². The highest BCUT2D eigenvalue weighted by atomic mass is 16.3.